The van der Waals surface area contributed by atoms with Crippen molar-refractivity contribution in [1.29, 1.82) is 0 Å². The molecule has 0 spiro atoms. The summed E-state index contributed by atoms with van der Waals surface area (Å²) < 4.78 is 36.1. The minimum absolute atomic E-state index is 0.134. The van der Waals surface area contributed by atoms with Gasteiger partial charge in [0.25, 0.3) is 11.8 Å². The molecule has 218 valence electrons. The molecule has 2 atom stereocenters. The van der Waals surface area contributed by atoms with Crippen LogP contribution in [0.5, 0.6) is 0 Å². The Hall–Kier alpha value is -3.76. The summed E-state index contributed by atoms with van der Waals surface area (Å²) in [5, 5.41) is 26.7. The van der Waals surface area contributed by atoms with Gasteiger partial charge in [0.1, 0.15) is 36.5 Å². The van der Waals surface area contributed by atoms with E-state index in [1.165, 1.54) is 29.2 Å². The van der Waals surface area contributed by atoms with Gasteiger partial charge in [-0.1, -0.05) is 5.16 Å². The van der Waals surface area contributed by atoms with Crippen LogP contribution in [0.1, 0.15) is 5.69 Å². The van der Waals surface area contributed by atoms with Gasteiger partial charge >= 0.3 is 5.97 Å². The van der Waals surface area contributed by atoms with E-state index >= 15 is 0 Å². The van der Waals surface area contributed by atoms with Gasteiger partial charge < -0.3 is 36.4 Å². The van der Waals surface area contributed by atoms with E-state index in [4.69, 9.17) is 33.8 Å². The van der Waals surface area contributed by atoms with Crippen molar-refractivity contribution in [1.82, 2.24) is 19.9 Å². The highest BCUT2D eigenvalue weighted by Gasteiger charge is 2.55. The maximum atomic E-state index is 13.0. The molecular formula is C19H24N8O10S3. The number of amides is 2. The lowest BCUT2D eigenvalue weighted by atomic mass is 10.0. The molecule has 0 aromatic carbocycles. The number of rotatable bonds is 9. The summed E-state index contributed by atoms with van der Waals surface area (Å²) in [6, 6.07) is 0.688. The number of thiazole rings is 1. The molecule has 0 unspecified atom stereocenters. The molecule has 0 bridgehead atoms. The number of fused-ring (bicyclic) bond motifs is 1. The Balaban J connectivity index is 0.000000810. The Kier molecular flexibility index (Phi) is 9.70. The van der Waals surface area contributed by atoms with Crippen molar-refractivity contribution in [3.8, 4) is 0 Å². The molecule has 18 nitrogen and oxygen atoms in total. The van der Waals surface area contributed by atoms with Gasteiger partial charge in [0.15, 0.2) is 29.4 Å². The minimum Gasteiger partial charge on any atom is -0.726 e. The lowest BCUT2D eigenvalue weighted by molar-refractivity contribution is -0.767. The van der Waals surface area contributed by atoms with E-state index in [1.807, 2.05) is 0 Å². The number of carbonyl (C=O) groups excluding carboxylic acids is 2. The zero-order valence-corrected chi connectivity index (χ0v) is 23.0. The second-order valence-electron chi connectivity index (χ2n) is 7.92. The smallest absolute Gasteiger partial charge is 0.352 e. The normalized spacial score (nSPS) is 18.9. The molecular weight excluding hydrogens is 596 g/mol. The molecule has 0 aliphatic carbocycles. The molecule has 2 aromatic rings. The van der Waals surface area contributed by atoms with Gasteiger partial charge in [-0.05, 0) is 0 Å². The third-order valence-corrected chi connectivity index (χ3v) is 7.40. The number of aliphatic hydroxyl groups excluding tert-OH is 1. The lowest BCUT2D eigenvalue weighted by Crippen LogP contribution is -2.71. The van der Waals surface area contributed by atoms with E-state index in [9.17, 15) is 24.6 Å². The van der Waals surface area contributed by atoms with E-state index in [0.29, 0.717) is 17.1 Å². The predicted octanol–water partition coefficient (Wildman–Crippen LogP) is -2.82. The number of nitrogens with zero attached hydrogens (tertiary/aromatic N) is 5. The summed E-state index contributed by atoms with van der Waals surface area (Å²) in [6.45, 7) is 0.251. The first-order valence-corrected chi connectivity index (χ1v) is 14.2. The molecule has 2 aliphatic heterocycles. The first-order chi connectivity index (χ1) is 18.8. The first-order valence-electron chi connectivity index (χ1n) is 10.9. The average Bonchev–Trinajstić information content (AvgIpc) is 3.45. The Bertz CT molecular complexity index is 1460. The summed E-state index contributed by atoms with van der Waals surface area (Å²) in [7, 11) is -3.65. The molecule has 2 aliphatic rings. The number of aromatic nitrogens is 3. The number of hydrogen-bond donors (Lipinski definition) is 6. The van der Waals surface area contributed by atoms with Crippen molar-refractivity contribution in [2.75, 3.05) is 30.9 Å². The van der Waals surface area contributed by atoms with Crippen LogP contribution in [0.3, 0.4) is 0 Å². The number of nitrogens with two attached hydrogens (primary N) is 2. The van der Waals surface area contributed by atoms with E-state index in [1.54, 1.807) is 21.6 Å². The second-order valence-corrected chi connectivity index (χ2v) is 10.8. The number of aliphatic carboxylic acids is 1. The molecule has 21 heteroatoms. The number of carboxylic acids is 1. The van der Waals surface area contributed by atoms with Crippen LogP contribution in [0.2, 0.25) is 0 Å². The van der Waals surface area contributed by atoms with Crippen LogP contribution in [0, 0.1) is 0 Å². The number of carbonyl (C=O) groups is 3. The number of β-lactam (4-membered cyclic amide) rings is 1. The van der Waals surface area contributed by atoms with E-state index in [-0.39, 0.29) is 41.9 Å². The summed E-state index contributed by atoms with van der Waals surface area (Å²) in [6.07, 6.45) is 1.68. The molecule has 2 amide bonds. The predicted molar refractivity (Wildman–Crippen MR) is 138 cm³/mol. The van der Waals surface area contributed by atoms with Gasteiger partial charge in [-0.15, -0.1) is 32.5 Å². The van der Waals surface area contributed by atoms with Crippen LogP contribution in [0.25, 0.3) is 0 Å². The summed E-state index contributed by atoms with van der Waals surface area (Å²) >= 11 is 2.44. The number of carboxylic acid groups (broad SMARTS) is 1. The van der Waals surface area contributed by atoms with E-state index < -0.39 is 39.6 Å². The molecule has 8 N–H and O–H groups in total. The van der Waals surface area contributed by atoms with Gasteiger partial charge in [-0.2, -0.15) is 0 Å². The standard InChI is InChI=1S/C19H22N8O6S2.H2O4S/c1-33-24-12(10-8-35-19(21)22-10)15(29)23-13-16(30)27-14(18(31)32)9(7-34-17(13)27)6-25-3-2-11(20)26(25)4-5-28;1-5(2,3)4/h2-3,8,13,17,20,28H,4-7H2,1H3,(H4,21,22,23,29,31,32);(H2,1,2,3,4)/b24-12+;/t13-,17-;/m1./s1. The molecule has 1 saturated heterocycles. The van der Waals surface area contributed by atoms with Crippen molar-refractivity contribution in [2.45, 2.75) is 24.5 Å². The van der Waals surface area contributed by atoms with Crippen LogP contribution >= 0.6 is 23.1 Å². The van der Waals surface area contributed by atoms with Crippen molar-refractivity contribution >= 4 is 67.9 Å². The van der Waals surface area contributed by atoms with Crippen molar-refractivity contribution in [2.24, 2.45) is 5.16 Å². The number of oxime groups is 1. The molecule has 1 fully saturated rings. The Morgan fingerprint density at radius 2 is 2.08 bits per heavy atom. The van der Waals surface area contributed by atoms with Gasteiger partial charge in [-0.3, -0.25) is 19.0 Å². The van der Waals surface area contributed by atoms with E-state index in [2.05, 4.69) is 15.5 Å². The molecule has 4 heterocycles. The number of nitrogens with one attached hydrogen (secondary N) is 1. The molecule has 40 heavy (non-hydrogen) atoms. The third kappa shape index (κ3) is 7.05. The Morgan fingerprint density at radius 3 is 2.62 bits per heavy atom. The average molecular weight is 621 g/mol. The Labute approximate surface area is 234 Å². The Morgan fingerprint density at radius 1 is 1.40 bits per heavy atom. The number of hydrogen-bond acceptors (Lipinski definition) is 14. The topological polar surface area (TPSA) is 280 Å². The number of anilines is 2. The highest BCUT2D eigenvalue weighted by molar-refractivity contribution is 8.00. The number of nitrogen functional groups attached to an aromatic ring is 2. The molecule has 4 rings (SSSR count). The lowest BCUT2D eigenvalue weighted by Gasteiger charge is -2.49. The number of thioether (sulfide) groups is 1. The highest BCUT2D eigenvalue weighted by atomic mass is 32.3. The monoisotopic (exact) mass is 620 g/mol. The largest absolute Gasteiger partial charge is 0.726 e. The summed E-state index contributed by atoms with van der Waals surface area (Å²) in [5.74, 6) is -1.79. The zero-order valence-electron chi connectivity index (χ0n) is 20.5. The van der Waals surface area contributed by atoms with Gasteiger partial charge in [-0.25, -0.2) is 18.2 Å². The number of aliphatic hydroxyl groups is 1. The van der Waals surface area contributed by atoms with E-state index in [0.717, 1.165) is 11.3 Å². The minimum atomic E-state index is -4.92. The quantitative estimate of drug-likeness (QED) is 0.0412. The van der Waals surface area contributed by atoms with Gasteiger partial charge in [0, 0.05) is 16.7 Å². The SMILES string of the molecule is CO/N=C(/C(=O)N[C@@H]1C(=O)N2C(C(=O)O)=C(C[n+]3ccc(N)n3CCO)CS[C@H]12)c1csc(N)n1.O=S(=O)([O-])O. The maximum absolute atomic E-state index is 13.0. The van der Waals surface area contributed by atoms with Gasteiger partial charge in [0.2, 0.25) is 10.4 Å². The summed E-state index contributed by atoms with van der Waals surface area (Å²) in [5.41, 5.74) is 12.0. The molecule has 0 radical (unpaired) electrons. The van der Waals surface area contributed by atoms with Gasteiger partial charge in [0.05, 0.1) is 12.7 Å². The zero-order chi connectivity index (χ0) is 29.8. The fourth-order valence-electron chi connectivity index (χ4n) is 3.87. The van der Waals surface area contributed by atoms with Crippen LogP contribution in [-0.4, -0.2) is 96.7 Å². The van der Waals surface area contributed by atoms with Crippen molar-refractivity contribution in [3.05, 3.63) is 34.6 Å². The summed E-state index contributed by atoms with van der Waals surface area (Å²) in [4.78, 5) is 47.9. The van der Waals surface area contributed by atoms with Crippen LogP contribution in [0.4, 0.5) is 10.9 Å². The fraction of sp³-hybridized carbons (Fsp3) is 0.368. The van der Waals surface area contributed by atoms with Crippen LogP contribution < -0.4 is 21.5 Å². The van der Waals surface area contributed by atoms with Crippen LogP contribution in [0.15, 0.2) is 34.1 Å². The molecule has 0 saturated carbocycles. The van der Waals surface area contributed by atoms with Crippen molar-refractivity contribution < 1.29 is 51.6 Å². The fourth-order valence-corrected chi connectivity index (χ4v) is 5.75. The third-order valence-electron chi connectivity index (χ3n) is 5.39. The van der Waals surface area contributed by atoms with Crippen LogP contribution in [-0.2, 0) is 42.7 Å². The molecule has 2 aromatic heterocycles. The highest BCUT2D eigenvalue weighted by Crippen LogP contribution is 2.40. The van der Waals surface area contributed by atoms with Crippen molar-refractivity contribution in [3.63, 3.8) is 0 Å². The second kappa shape index (κ2) is 12.6. The maximum Gasteiger partial charge on any atom is 0.352 e. The first kappa shape index (κ1) is 30.8.